The standard InChI is InChI=1S/C9H11Cl2NO/c1-12-9(5-13)7-3-2-6(10)4-8(7)11/h2-4,9,12-13H,5H2,1H3. The Morgan fingerprint density at radius 1 is 1.46 bits per heavy atom. The molecule has 1 atom stereocenters. The van der Waals surface area contributed by atoms with Crippen LogP contribution in [-0.4, -0.2) is 18.8 Å². The summed E-state index contributed by atoms with van der Waals surface area (Å²) in [7, 11) is 1.77. The summed E-state index contributed by atoms with van der Waals surface area (Å²) in [5.41, 5.74) is 0.857. The summed E-state index contributed by atoms with van der Waals surface area (Å²) in [6, 6.07) is 5.09. The Bertz CT molecular complexity index is 287. The minimum Gasteiger partial charge on any atom is -0.394 e. The summed E-state index contributed by atoms with van der Waals surface area (Å²) in [5, 5.41) is 13.1. The van der Waals surface area contributed by atoms with E-state index in [0.29, 0.717) is 10.0 Å². The van der Waals surface area contributed by atoms with Crippen molar-refractivity contribution in [2.75, 3.05) is 13.7 Å². The van der Waals surface area contributed by atoms with Crippen LogP contribution in [0.1, 0.15) is 11.6 Å². The molecule has 1 rings (SSSR count). The highest BCUT2D eigenvalue weighted by Gasteiger charge is 2.11. The van der Waals surface area contributed by atoms with Crippen LogP contribution in [0.15, 0.2) is 18.2 Å². The summed E-state index contributed by atoms with van der Waals surface area (Å²) in [4.78, 5) is 0. The molecule has 0 aliphatic carbocycles. The smallest absolute Gasteiger partial charge is 0.0626 e. The van der Waals surface area contributed by atoms with E-state index in [4.69, 9.17) is 28.3 Å². The Morgan fingerprint density at radius 3 is 2.62 bits per heavy atom. The summed E-state index contributed by atoms with van der Waals surface area (Å²) < 4.78 is 0. The van der Waals surface area contributed by atoms with Crippen molar-refractivity contribution in [1.29, 1.82) is 0 Å². The average Bonchev–Trinajstić information content (AvgIpc) is 2.10. The Labute approximate surface area is 87.5 Å². The molecular formula is C9H11Cl2NO. The number of hydrogen-bond acceptors (Lipinski definition) is 2. The third-order valence-electron chi connectivity index (χ3n) is 1.87. The first-order valence-corrected chi connectivity index (χ1v) is 4.67. The second kappa shape index (κ2) is 4.82. The first kappa shape index (κ1) is 10.8. The van der Waals surface area contributed by atoms with Gasteiger partial charge in [0.25, 0.3) is 0 Å². The molecule has 0 spiro atoms. The van der Waals surface area contributed by atoms with E-state index in [1.165, 1.54) is 0 Å². The molecule has 0 bridgehead atoms. The topological polar surface area (TPSA) is 32.3 Å². The molecule has 0 saturated carbocycles. The van der Waals surface area contributed by atoms with E-state index >= 15 is 0 Å². The predicted molar refractivity (Wildman–Crippen MR) is 55.3 cm³/mol. The van der Waals surface area contributed by atoms with Gasteiger partial charge in [-0.1, -0.05) is 29.3 Å². The number of benzene rings is 1. The van der Waals surface area contributed by atoms with Crippen molar-refractivity contribution in [3.8, 4) is 0 Å². The van der Waals surface area contributed by atoms with E-state index in [1.54, 1.807) is 19.2 Å². The second-order valence-corrected chi connectivity index (χ2v) is 3.53. The highest BCUT2D eigenvalue weighted by atomic mass is 35.5. The van der Waals surface area contributed by atoms with Gasteiger partial charge in [-0.2, -0.15) is 0 Å². The summed E-state index contributed by atoms with van der Waals surface area (Å²) in [6.07, 6.45) is 0. The lowest BCUT2D eigenvalue weighted by Crippen LogP contribution is -2.20. The van der Waals surface area contributed by atoms with E-state index in [2.05, 4.69) is 5.32 Å². The fraction of sp³-hybridized carbons (Fsp3) is 0.333. The molecule has 72 valence electrons. The number of likely N-dealkylation sites (N-methyl/N-ethyl adjacent to an activating group) is 1. The summed E-state index contributed by atoms with van der Waals surface area (Å²) in [5.74, 6) is 0. The van der Waals surface area contributed by atoms with Crippen LogP contribution >= 0.6 is 23.2 Å². The lowest BCUT2D eigenvalue weighted by atomic mass is 10.1. The number of aliphatic hydroxyl groups is 1. The van der Waals surface area contributed by atoms with Crippen LogP contribution in [-0.2, 0) is 0 Å². The fourth-order valence-corrected chi connectivity index (χ4v) is 1.67. The lowest BCUT2D eigenvalue weighted by Gasteiger charge is -2.14. The zero-order chi connectivity index (χ0) is 9.84. The first-order chi connectivity index (χ1) is 6.19. The molecule has 4 heteroatoms. The molecule has 0 radical (unpaired) electrons. The maximum absolute atomic E-state index is 9.02. The van der Waals surface area contributed by atoms with Crippen molar-refractivity contribution in [2.45, 2.75) is 6.04 Å². The lowest BCUT2D eigenvalue weighted by molar-refractivity contribution is 0.251. The van der Waals surface area contributed by atoms with E-state index in [0.717, 1.165) is 5.56 Å². The highest BCUT2D eigenvalue weighted by Crippen LogP contribution is 2.25. The van der Waals surface area contributed by atoms with Crippen molar-refractivity contribution in [3.63, 3.8) is 0 Å². The molecule has 0 amide bonds. The van der Waals surface area contributed by atoms with Crippen molar-refractivity contribution in [3.05, 3.63) is 33.8 Å². The van der Waals surface area contributed by atoms with Crippen molar-refractivity contribution in [2.24, 2.45) is 0 Å². The van der Waals surface area contributed by atoms with Gasteiger partial charge >= 0.3 is 0 Å². The van der Waals surface area contributed by atoms with Gasteiger partial charge in [-0.15, -0.1) is 0 Å². The van der Waals surface area contributed by atoms with Crippen LogP contribution in [0.25, 0.3) is 0 Å². The van der Waals surface area contributed by atoms with E-state index in [-0.39, 0.29) is 12.6 Å². The van der Waals surface area contributed by atoms with Gasteiger partial charge in [0.15, 0.2) is 0 Å². The first-order valence-electron chi connectivity index (χ1n) is 3.92. The fourth-order valence-electron chi connectivity index (χ4n) is 1.13. The molecule has 0 aliphatic rings. The maximum Gasteiger partial charge on any atom is 0.0626 e. The van der Waals surface area contributed by atoms with Crippen LogP contribution < -0.4 is 5.32 Å². The zero-order valence-electron chi connectivity index (χ0n) is 7.22. The van der Waals surface area contributed by atoms with Crippen LogP contribution in [0, 0.1) is 0 Å². The van der Waals surface area contributed by atoms with Gasteiger partial charge in [0.2, 0.25) is 0 Å². The van der Waals surface area contributed by atoms with Crippen LogP contribution in [0.2, 0.25) is 10.0 Å². The summed E-state index contributed by atoms with van der Waals surface area (Å²) in [6.45, 7) is 0.0118. The van der Waals surface area contributed by atoms with Crippen LogP contribution in [0.5, 0.6) is 0 Å². The van der Waals surface area contributed by atoms with Gasteiger partial charge in [0.1, 0.15) is 0 Å². The number of hydrogen-bond donors (Lipinski definition) is 2. The monoisotopic (exact) mass is 219 g/mol. The SMILES string of the molecule is CNC(CO)c1ccc(Cl)cc1Cl. The molecule has 0 saturated heterocycles. The molecule has 0 heterocycles. The molecule has 0 aromatic heterocycles. The molecular weight excluding hydrogens is 209 g/mol. The summed E-state index contributed by atoms with van der Waals surface area (Å²) >= 11 is 11.7. The Balaban J connectivity index is 2.99. The molecule has 0 fully saturated rings. The van der Waals surface area contributed by atoms with Gasteiger partial charge in [-0.25, -0.2) is 0 Å². The molecule has 0 aliphatic heterocycles. The second-order valence-electron chi connectivity index (χ2n) is 2.69. The number of aliphatic hydroxyl groups excluding tert-OH is 1. The van der Waals surface area contributed by atoms with Crippen LogP contribution in [0.3, 0.4) is 0 Å². The molecule has 13 heavy (non-hydrogen) atoms. The van der Waals surface area contributed by atoms with Gasteiger partial charge in [0, 0.05) is 10.0 Å². The number of rotatable bonds is 3. The Hall–Kier alpha value is -0.280. The molecule has 2 N–H and O–H groups in total. The molecule has 1 unspecified atom stereocenters. The number of nitrogens with one attached hydrogen (secondary N) is 1. The average molecular weight is 220 g/mol. The van der Waals surface area contributed by atoms with Gasteiger partial charge in [-0.3, -0.25) is 0 Å². The maximum atomic E-state index is 9.02. The van der Waals surface area contributed by atoms with E-state index in [9.17, 15) is 0 Å². The molecule has 1 aromatic carbocycles. The van der Waals surface area contributed by atoms with Crippen molar-refractivity contribution < 1.29 is 5.11 Å². The van der Waals surface area contributed by atoms with Crippen LogP contribution in [0.4, 0.5) is 0 Å². The Kier molecular flexibility index (Phi) is 4.00. The van der Waals surface area contributed by atoms with Gasteiger partial charge in [-0.05, 0) is 24.7 Å². The normalized spacial score (nSPS) is 12.9. The highest BCUT2D eigenvalue weighted by molar-refractivity contribution is 6.35. The zero-order valence-corrected chi connectivity index (χ0v) is 8.73. The third kappa shape index (κ3) is 2.58. The van der Waals surface area contributed by atoms with Crippen molar-refractivity contribution in [1.82, 2.24) is 5.32 Å². The largest absolute Gasteiger partial charge is 0.394 e. The third-order valence-corrected chi connectivity index (χ3v) is 2.43. The van der Waals surface area contributed by atoms with Gasteiger partial charge in [0.05, 0.1) is 12.6 Å². The molecule has 1 aromatic rings. The Morgan fingerprint density at radius 2 is 2.15 bits per heavy atom. The minimum absolute atomic E-state index is 0.0118. The molecule has 2 nitrogen and oxygen atoms in total. The number of halogens is 2. The minimum atomic E-state index is -0.134. The quantitative estimate of drug-likeness (QED) is 0.818. The van der Waals surface area contributed by atoms with E-state index < -0.39 is 0 Å². The predicted octanol–water partition coefficient (Wildman–Crippen LogP) is 2.25. The van der Waals surface area contributed by atoms with Crippen molar-refractivity contribution >= 4 is 23.2 Å². The van der Waals surface area contributed by atoms with Gasteiger partial charge < -0.3 is 10.4 Å². The van der Waals surface area contributed by atoms with E-state index in [1.807, 2.05) is 6.07 Å².